The van der Waals surface area contributed by atoms with Crippen LogP contribution in [0.25, 0.3) is 0 Å². The van der Waals surface area contributed by atoms with Gasteiger partial charge < -0.3 is 9.72 Å². The molecular weight excluding hydrogens is 292 g/mol. The average Bonchev–Trinajstić information content (AvgIpc) is 3.02. The molecule has 0 aromatic carbocycles. The molecule has 2 heterocycles. The van der Waals surface area contributed by atoms with E-state index in [1.165, 1.54) is 18.4 Å². The monoisotopic (exact) mass is 308 g/mol. The first-order valence-electron chi connectivity index (χ1n) is 6.39. The molecule has 2 aromatic rings. The van der Waals surface area contributed by atoms with E-state index in [0.29, 0.717) is 27.6 Å². The van der Waals surface area contributed by atoms with Crippen LogP contribution in [0.3, 0.4) is 0 Å². The molecule has 8 heteroatoms. The molecule has 0 radical (unpaired) electrons. The molecule has 0 aliphatic heterocycles. The number of hydrogen-bond donors (Lipinski definition) is 2. The Morgan fingerprint density at radius 3 is 2.62 bits per heavy atom. The molecule has 21 heavy (non-hydrogen) atoms. The highest BCUT2D eigenvalue weighted by atomic mass is 32.1. The molecule has 112 valence electrons. The van der Waals surface area contributed by atoms with E-state index in [9.17, 15) is 9.59 Å². The Bertz CT molecular complexity index is 690. The smallest absolute Gasteiger partial charge is 0.339 e. The Kier molecular flexibility index (Phi) is 4.37. The van der Waals surface area contributed by atoms with Crippen LogP contribution in [0.4, 0.5) is 5.13 Å². The van der Waals surface area contributed by atoms with Crippen molar-refractivity contribution in [3.05, 3.63) is 27.5 Å². The molecule has 0 unspecified atom stereocenters. The van der Waals surface area contributed by atoms with Crippen molar-refractivity contribution < 1.29 is 14.3 Å². The van der Waals surface area contributed by atoms with Gasteiger partial charge in [0.05, 0.1) is 12.7 Å². The standard InChI is InChI=1S/C13H16N4O3S/c1-5-8-16-17-13(21-8)15-11(18)10-6(2)9(7(3)14-10)12(19)20-4/h14H,5H2,1-4H3,(H,15,17,18). The Hall–Kier alpha value is -2.22. The van der Waals surface area contributed by atoms with Crippen LogP contribution in [0.15, 0.2) is 0 Å². The Morgan fingerprint density at radius 2 is 2.05 bits per heavy atom. The summed E-state index contributed by atoms with van der Waals surface area (Å²) in [6.07, 6.45) is 0.765. The van der Waals surface area contributed by atoms with Crippen molar-refractivity contribution >= 4 is 28.3 Å². The fourth-order valence-corrected chi connectivity index (χ4v) is 2.67. The predicted octanol–water partition coefficient (Wildman–Crippen LogP) is 2.08. The summed E-state index contributed by atoms with van der Waals surface area (Å²) >= 11 is 1.32. The first-order valence-corrected chi connectivity index (χ1v) is 7.20. The van der Waals surface area contributed by atoms with Crippen LogP contribution in [-0.2, 0) is 11.2 Å². The lowest BCUT2D eigenvalue weighted by Crippen LogP contribution is -2.14. The number of nitrogens with zero attached hydrogens (tertiary/aromatic N) is 2. The number of methoxy groups -OCH3 is 1. The molecule has 0 aliphatic carbocycles. The fraction of sp³-hybridized carbons (Fsp3) is 0.385. The van der Waals surface area contributed by atoms with Crippen molar-refractivity contribution in [2.24, 2.45) is 0 Å². The largest absolute Gasteiger partial charge is 0.465 e. The number of carbonyl (C=O) groups excluding carboxylic acids is 2. The first-order chi connectivity index (χ1) is 9.97. The lowest BCUT2D eigenvalue weighted by Gasteiger charge is -2.01. The maximum absolute atomic E-state index is 12.3. The number of hydrogen-bond acceptors (Lipinski definition) is 6. The summed E-state index contributed by atoms with van der Waals surface area (Å²) in [5.41, 5.74) is 1.85. The van der Waals surface area contributed by atoms with E-state index in [2.05, 4.69) is 20.5 Å². The van der Waals surface area contributed by atoms with E-state index in [1.54, 1.807) is 13.8 Å². The van der Waals surface area contributed by atoms with Crippen molar-refractivity contribution in [1.29, 1.82) is 0 Å². The normalized spacial score (nSPS) is 10.5. The average molecular weight is 308 g/mol. The molecule has 0 aliphatic rings. The van der Waals surface area contributed by atoms with Crippen LogP contribution in [0.2, 0.25) is 0 Å². The third-order valence-electron chi connectivity index (χ3n) is 3.04. The number of amides is 1. The van der Waals surface area contributed by atoms with E-state index in [1.807, 2.05) is 6.92 Å². The highest BCUT2D eigenvalue weighted by Gasteiger charge is 2.23. The highest BCUT2D eigenvalue weighted by molar-refractivity contribution is 7.15. The summed E-state index contributed by atoms with van der Waals surface area (Å²) in [6, 6.07) is 0. The molecule has 0 bridgehead atoms. The molecule has 2 aromatic heterocycles. The summed E-state index contributed by atoms with van der Waals surface area (Å²) in [4.78, 5) is 26.9. The van der Waals surface area contributed by atoms with Crippen LogP contribution in [0.5, 0.6) is 0 Å². The number of esters is 1. The van der Waals surface area contributed by atoms with Crippen molar-refractivity contribution in [1.82, 2.24) is 15.2 Å². The number of nitrogens with one attached hydrogen (secondary N) is 2. The zero-order valence-electron chi connectivity index (χ0n) is 12.2. The zero-order valence-corrected chi connectivity index (χ0v) is 13.1. The Morgan fingerprint density at radius 1 is 1.33 bits per heavy atom. The van der Waals surface area contributed by atoms with Crippen LogP contribution in [-0.4, -0.2) is 34.2 Å². The molecule has 2 N–H and O–H groups in total. The van der Waals surface area contributed by atoms with E-state index in [-0.39, 0.29) is 5.91 Å². The van der Waals surface area contributed by atoms with E-state index < -0.39 is 5.97 Å². The molecule has 2 rings (SSSR count). The maximum Gasteiger partial charge on any atom is 0.339 e. The number of aromatic nitrogens is 3. The van der Waals surface area contributed by atoms with Crippen molar-refractivity contribution in [3.63, 3.8) is 0 Å². The third-order valence-corrected chi connectivity index (χ3v) is 4.03. The highest BCUT2D eigenvalue weighted by Crippen LogP contribution is 2.21. The second-order valence-electron chi connectivity index (χ2n) is 4.43. The summed E-state index contributed by atoms with van der Waals surface area (Å²) < 4.78 is 4.72. The molecule has 7 nitrogen and oxygen atoms in total. The fourth-order valence-electron chi connectivity index (χ4n) is 1.99. The summed E-state index contributed by atoms with van der Waals surface area (Å²) in [5, 5.41) is 11.8. The molecule has 0 saturated carbocycles. The van der Waals surface area contributed by atoms with Gasteiger partial charge in [0.25, 0.3) is 5.91 Å². The number of anilines is 1. The van der Waals surface area contributed by atoms with Crippen LogP contribution in [0.1, 0.15) is 44.0 Å². The maximum atomic E-state index is 12.3. The molecule has 0 atom stereocenters. The van der Waals surface area contributed by atoms with Crippen LogP contribution >= 0.6 is 11.3 Å². The lowest BCUT2D eigenvalue weighted by molar-refractivity contribution is 0.0599. The molecular formula is C13H16N4O3S. The van der Waals surface area contributed by atoms with Gasteiger partial charge in [0, 0.05) is 5.69 Å². The van der Waals surface area contributed by atoms with Crippen molar-refractivity contribution in [2.75, 3.05) is 12.4 Å². The van der Waals surface area contributed by atoms with Crippen LogP contribution in [0, 0.1) is 13.8 Å². The summed E-state index contributed by atoms with van der Waals surface area (Å²) in [5.74, 6) is -0.825. The van der Waals surface area contributed by atoms with Crippen LogP contribution < -0.4 is 5.32 Å². The van der Waals surface area contributed by atoms with E-state index in [0.717, 1.165) is 11.4 Å². The van der Waals surface area contributed by atoms with Gasteiger partial charge in [-0.05, 0) is 25.8 Å². The summed E-state index contributed by atoms with van der Waals surface area (Å²) in [7, 11) is 1.31. The molecule has 1 amide bonds. The molecule has 0 saturated heterocycles. The Balaban J connectivity index is 2.25. The third kappa shape index (κ3) is 2.94. The van der Waals surface area contributed by atoms with Gasteiger partial charge in [0.1, 0.15) is 10.7 Å². The number of H-pyrrole nitrogens is 1. The topological polar surface area (TPSA) is 97.0 Å². The number of rotatable bonds is 4. The SMILES string of the molecule is CCc1nnc(NC(=O)c2[nH]c(C)c(C(=O)OC)c2C)s1. The molecule has 0 fully saturated rings. The minimum absolute atomic E-state index is 0.321. The lowest BCUT2D eigenvalue weighted by atomic mass is 10.1. The van der Waals surface area contributed by atoms with Gasteiger partial charge in [0.2, 0.25) is 5.13 Å². The number of carbonyl (C=O) groups is 2. The van der Waals surface area contributed by atoms with Gasteiger partial charge in [-0.25, -0.2) is 4.79 Å². The first kappa shape index (κ1) is 15.2. The number of ether oxygens (including phenoxy) is 1. The van der Waals surface area contributed by atoms with Crippen molar-refractivity contribution in [3.8, 4) is 0 Å². The second kappa shape index (κ2) is 6.04. The van der Waals surface area contributed by atoms with Gasteiger partial charge >= 0.3 is 5.97 Å². The van der Waals surface area contributed by atoms with E-state index >= 15 is 0 Å². The van der Waals surface area contributed by atoms with Crippen molar-refractivity contribution in [2.45, 2.75) is 27.2 Å². The quantitative estimate of drug-likeness (QED) is 0.843. The molecule has 0 spiro atoms. The summed E-state index contributed by atoms with van der Waals surface area (Å²) in [6.45, 7) is 5.38. The van der Waals surface area contributed by atoms with Gasteiger partial charge in [-0.15, -0.1) is 10.2 Å². The van der Waals surface area contributed by atoms with Gasteiger partial charge in [0.15, 0.2) is 0 Å². The number of aryl methyl sites for hydroxylation is 2. The minimum Gasteiger partial charge on any atom is -0.465 e. The minimum atomic E-state index is -0.468. The van der Waals surface area contributed by atoms with E-state index in [4.69, 9.17) is 4.74 Å². The zero-order chi connectivity index (χ0) is 15.6. The Labute approximate surface area is 125 Å². The number of aromatic amines is 1. The predicted molar refractivity (Wildman–Crippen MR) is 78.8 cm³/mol. The van der Waals surface area contributed by atoms with Gasteiger partial charge in [-0.1, -0.05) is 18.3 Å². The van der Waals surface area contributed by atoms with Gasteiger partial charge in [-0.3, -0.25) is 10.1 Å². The second-order valence-corrected chi connectivity index (χ2v) is 5.49. The van der Waals surface area contributed by atoms with Gasteiger partial charge in [-0.2, -0.15) is 0 Å².